The average Bonchev–Trinajstić information content (AvgIpc) is 2.65. The van der Waals surface area contributed by atoms with Gasteiger partial charge in [-0.05, 0) is 6.92 Å². The number of hydrogen-bond acceptors (Lipinski definition) is 2. The summed E-state index contributed by atoms with van der Waals surface area (Å²) in [5.74, 6) is -71.4. The van der Waals surface area contributed by atoms with Gasteiger partial charge in [0.2, 0.25) is 0 Å². The Labute approximate surface area is 193 Å². The van der Waals surface area contributed by atoms with Crippen molar-refractivity contribution < 1.29 is 107 Å². The fourth-order valence-corrected chi connectivity index (χ4v) is 1.55. The summed E-state index contributed by atoms with van der Waals surface area (Å²) >= 11 is 0. The van der Waals surface area contributed by atoms with E-state index in [1.54, 1.807) is 0 Å². The summed E-state index contributed by atoms with van der Waals surface area (Å²) in [5.41, 5.74) is 0.176. The van der Waals surface area contributed by atoms with Gasteiger partial charge in [0, 0.05) is 5.57 Å². The van der Waals surface area contributed by atoms with Gasteiger partial charge in [-0.1, -0.05) is 6.58 Å². The summed E-state index contributed by atoms with van der Waals surface area (Å²) < 4.78 is 265. The Bertz CT molecular complexity index is 807. The van der Waals surface area contributed by atoms with Crippen molar-refractivity contribution in [1.29, 1.82) is 0 Å². The number of carbonyl (C=O) groups is 1. The van der Waals surface area contributed by atoms with Crippen molar-refractivity contribution in [2.75, 3.05) is 0 Å². The molecule has 0 saturated heterocycles. The number of carboxylic acid groups (broad SMARTS) is 1. The van der Waals surface area contributed by atoms with E-state index in [9.17, 15) is 97.0 Å². The summed E-state index contributed by atoms with van der Waals surface area (Å²) in [7, 11) is 0. The predicted octanol–water partition coefficient (Wildman–Crippen LogP) is 6.86. The molecule has 1 atom stereocenters. The lowest BCUT2D eigenvalue weighted by molar-refractivity contribution is -0.485. The van der Waals surface area contributed by atoms with Crippen LogP contribution in [0.4, 0.5) is 92.2 Å². The van der Waals surface area contributed by atoms with Crippen LogP contribution in [0.1, 0.15) is 6.92 Å². The average molecular weight is 622 g/mol. The summed E-state index contributed by atoms with van der Waals surface area (Å²) in [6.07, 6.45) is -15.8. The summed E-state index contributed by atoms with van der Waals surface area (Å²) in [6.45, 7) is 4.60. The molecule has 228 valence electrons. The SMILES string of the molecule is C=C(C)C(=O)O.OC(F)(C(F)(F)F)C(F)(F)C(F)(F)C(F)(F)C(F)(F)C(F)(F)C(F)(F)C(F)(F)C(F)(F)F. The van der Waals surface area contributed by atoms with Crippen LogP contribution < -0.4 is 0 Å². The van der Waals surface area contributed by atoms with Crippen molar-refractivity contribution in [1.82, 2.24) is 0 Å². The fraction of sp³-hybridized carbons (Fsp3) is 0.786. The van der Waals surface area contributed by atoms with E-state index in [0.29, 0.717) is 0 Å². The highest BCUT2D eigenvalue weighted by Gasteiger charge is 2.97. The van der Waals surface area contributed by atoms with Crippen molar-refractivity contribution in [3.05, 3.63) is 12.2 Å². The van der Waals surface area contributed by atoms with Crippen molar-refractivity contribution in [2.45, 2.75) is 66.6 Å². The summed E-state index contributed by atoms with van der Waals surface area (Å²) in [5, 5.41) is 15.6. The molecule has 0 radical (unpaired) electrons. The summed E-state index contributed by atoms with van der Waals surface area (Å²) in [4.78, 5) is 9.60. The topological polar surface area (TPSA) is 57.5 Å². The Balaban J connectivity index is 0. The monoisotopic (exact) mass is 622 g/mol. The van der Waals surface area contributed by atoms with Crippen LogP contribution in [0.15, 0.2) is 12.2 Å². The molecule has 0 aliphatic rings. The quantitative estimate of drug-likeness (QED) is 0.230. The number of halogens is 21. The van der Waals surface area contributed by atoms with E-state index in [4.69, 9.17) is 10.2 Å². The van der Waals surface area contributed by atoms with E-state index < -0.39 is 65.6 Å². The zero-order valence-electron chi connectivity index (χ0n) is 16.9. The first-order valence-electron chi connectivity index (χ1n) is 7.97. The molecule has 0 saturated carbocycles. The summed E-state index contributed by atoms with van der Waals surface area (Å²) in [6, 6.07) is 0. The van der Waals surface area contributed by atoms with Gasteiger partial charge < -0.3 is 10.2 Å². The Morgan fingerprint density at radius 3 is 0.816 bits per heavy atom. The highest BCUT2D eigenvalue weighted by atomic mass is 19.4. The minimum absolute atomic E-state index is 0.176. The molecule has 0 aliphatic heterocycles. The number of carboxylic acids is 1. The van der Waals surface area contributed by atoms with Crippen LogP contribution in [0.25, 0.3) is 0 Å². The van der Waals surface area contributed by atoms with Gasteiger partial charge in [0.25, 0.3) is 0 Å². The maximum absolute atomic E-state index is 13.1. The Hall–Kier alpha value is -2.30. The molecule has 0 rings (SSSR count). The molecule has 0 fully saturated rings. The molecule has 0 spiro atoms. The highest BCUT2D eigenvalue weighted by molar-refractivity contribution is 5.84. The molecule has 0 aromatic rings. The number of aliphatic carboxylic acids is 1. The third kappa shape index (κ3) is 5.27. The van der Waals surface area contributed by atoms with Gasteiger partial charge in [0.05, 0.1) is 0 Å². The smallest absolute Gasteiger partial charge is 0.460 e. The third-order valence-electron chi connectivity index (χ3n) is 3.88. The molecule has 0 heterocycles. The normalized spacial score (nSPS) is 16.8. The lowest BCUT2D eigenvalue weighted by Crippen LogP contribution is -2.77. The molecular formula is C14H7F21O3. The van der Waals surface area contributed by atoms with Gasteiger partial charge >= 0.3 is 65.6 Å². The minimum Gasteiger partial charge on any atom is -0.478 e. The van der Waals surface area contributed by atoms with Gasteiger partial charge in [-0.25, -0.2) is 4.79 Å². The molecular weight excluding hydrogens is 615 g/mol. The molecule has 38 heavy (non-hydrogen) atoms. The molecule has 0 bridgehead atoms. The van der Waals surface area contributed by atoms with Crippen LogP contribution >= 0.6 is 0 Å². The molecule has 2 N–H and O–H groups in total. The van der Waals surface area contributed by atoms with Crippen molar-refractivity contribution in [2.24, 2.45) is 0 Å². The molecule has 0 aliphatic carbocycles. The van der Waals surface area contributed by atoms with Gasteiger partial charge in [0.15, 0.2) is 0 Å². The van der Waals surface area contributed by atoms with Crippen LogP contribution in [0.5, 0.6) is 0 Å². The maximum atomic E-state index is 13.1. The van der Waals surface area contributed by atoms with E-state index in [1.807, 2.05) is 0 Å². The molecule has 0 amide bonds. The third-order valence-corrected chi connectivity index (χ3v) is 3.88. The largest absolute Gasteiger partial charge is 0.478 e. The lowest BCUT2D eigenvalue weighted by Gasteiger charge is -2.44. The van der Waals surface area contributed by atoms with Crippen molar-refractivity contribution in [3.8, 4) is 0 Å². The predicted molar refractivity (Wildman–Crippen MR) is 75.2 cm³/mol. The number of rotatable bonds is 8. The van der Waals surface area contributed by atoms with Crippen molar-refractivity contribution >= 4 is 5.97 Å². The van der Waals surface area contributed by atoms with Gasteiger partial charge in [-0.2, -0.15) is 92.2 Å². The fourth-order valence-electron chi connectivity index (χ4n) is 1.55. The molecule has 0 aromatic carbocycles. The molecule has 24 heteroatoms. The molecule has 3 nitrogen and oxygen atoms in total. The van der Waals surface area contributed by atoms with Crippen molar-refractivity contribution in [3.63, 3.8) is 0 Å². The Morgan fingerprint density at radius 1 is 0.474 bits per heavy atom. The first-order valence-corrected chi connectivity index (χ1v) is 7.97. The van der Waals surface area contributed by atoms with E-state index in [1.165, 1.54) is 6.92 Å². The Kier molecular flexibility index (Phi) is 9.67. The first kappa shape index (κ1) is 37.9. The Morgan fingerprint density at radius 2 is 0.658 bits per heavy atom. The standard InChI is InChI=1S/C10HF21O.C4H6O2/c11-1(12,3(15,16)5(19,20)7(23,24)9(26,27)28)2(13,14)4(17,18)6(21,22)8(25,32)10(29,30)31;1-3(2)4(5)6/h32H;1H2,2H3,(H,5,6). The van der Waals surface area contributed by atoms with E-state index in [-0.39, 0.29) is 5.57 Å². The number of alkyl halides is 21. The minimum atomic E-state index is -9.19. The second-order valence-corrected chi connectivity index (χ2v) is 6.72. The van der Waals surface area contributed by atoms with Crippen LogP contribution in [0, 0.1) is 0 Å². The van der Waals surface area contributed by atoms with Gasteiger partial charge in [0.1, 0.15) is 0 Å². The van der Waals surface area contributed by atoms with Crippen LogP contribution in [-0.2, 0) is 4.79 Å². The molecule has 1 unspecified atom stereocenters. The molecule has 0 aromatic heterocycles. The van der Waals surface area contributed by atoms with E-state index in [0.717, 1.165) is 0 Å². The lowest BCUT2D eigenvalue weighted by atomic mass is 9.87. The highest BCUT2D eigenvalue weighted by Crippen LogP contribution is 2.65. The van der Waals surface area contributed by atoms with Crippen LogP contribution in [0.3, 0.4) is 0 Å². The van der Waals surface area contributed by atoms with Crippen LogP contribution in [0.2, 0.25) is 0 Å². The number of aliphatic hydroxyl groups is 1. The second-order valence-electron chi connectivity index (χ2n) is 6.72. The maximum Gasteiger partial charge on any atom is 0.460 e. The first-order chi connectivity index (χ1) is 15.9. The number of hydrogen-bond donors (Lipinski definition) is 2. The second kappa shape index (κ2) is 9.71. The zero-order valence-corrected chi connectivity index (χ0v) is 16.9. The van der Waals surface area contributed by atoms with Crippen LogP contribution in [-0.4, -0.2) is 75.8 Å². The van der Waals surface area contributed by atoms with Gasteiger partial charge in [-0.15, -0.1) is 0 Å². The zero-order chi connectivity index (χ0) is 32.2. The van der Waals surface area contributed by atoms with E-state index >= 15 is 0 Å². The van der Waals surface area contributed by atoms with E-state index in [2.05, 4.69) is 6.58 Å². The van der Waals surface area contributed by atoms with Gasteiger partial charge in [-0.3, -0.25) is 0 Å².